The number of fused-ring (bicyclic) bond motifs is 1. The lowest BCUT2D eigenvalue weighted by molar-refractivity contribution is -0.226. The number of hydrogen-bond acceptors (Lipinski definition) is 10. The van der Waals surface area contributed by atoms with Gasteiger partial charge >= 0.3 is 11.9 Å². The van der Waals surface area contributed by atoms with Crippen molar-refractivity contribution < 1.29 is 29.3 Å². The van der Waals surface area contributed by atoms with Gasteiger partial charge in [0.1, 0.15) is 12.3 Å². The molecule has 13 heteroatoms. The molecular weight excluding hydrogens is 388 g/mol. The van der Waals surface area contributed by atoms with Gasteiger partial charge in [-0.25, -0.2) is 9.78 Å². The smallest absolute Gasteiger partial charge is 0.357 e. The third kappa shape index (κ3) is 4.70. The number of nitrogens with zero attached hydrogens (tertiary/aromatic N) is 3. The molecule has 160 valence electrons. The maximum Gasteiger partial charge on any atom is 0.357 e. The molecule has 13 nitrogen and oxygen atoms in total. The Kier molecular flexibility index (Phi) is 6.56. The molecule has 0 aliphatic rings. The van der Waals surface area contributed by atoms with Gasteiger partial charge in [0.05, 0.1) is 19.5 Å². The number of carbonyl (C=O) groups is 2. The molecule has 29 heavy (non-hydrogen) atoms. The van der Waals surface area contributed by atoms with Crippen LogP contribution in [0.4, 0.5) is 5.95 Å². The molecule has 0 aliphatic heterocycles. The molecule has 0 radical (unpaired) electrons. The fourth-order valence-electron chi connectivity index (χ4n) is 2.55. The minimum Gasteiger partial charge on any atom is -0.480 e. The van der Waals surface area contributed by atoms with Crippen molar-refractivity contribution in [1.29, 1.82) is 0 Å². The second kappa shape index (κ2) is 8.55. The maximum atomic E-state index is 12.7. The van der Waals surface area contributed by atoms with E-state index in [2.05, 4.69) is 20.3 Å². The molecule has 0 amide bonds. The number of hydrogen-bond donors (Lipinski definition) is 5. The first kappa shape index (κ1) is 22.3. The van der Waals surface area contributed by atoms with E-state index in [4.69, 9.17) is 20.3 Å². The second-order valence-electron chi connectivity index (χ2n) is 6.73. The number of imidazole rings is 1. The zero-order valence-electron chi connectivity index (χ0n) is 16.3. The van der Waals surface area contributed by atoms with Crippen molar-refractivity contribution in [3.63, 3.8) is 0 Å². The summed E-state index contributed by atoms with van der Waals surface area (Å²) >= 11 is 0. The van der Waals surface area contributed by atoms with Gasteiger partial charge in [0.15, 0.2) is 11.2 Å². The third-order valence-corrected chi connectivity index (χ3v) is 3.99. The fourth-order valence-corrected chi connectivity index (χ4v) is 2.55. The van der Waals surface area contributed by atoms with Crippen LogP contribution in [0.25, 0.3) is 11.2 Å². The highest BCUT2D eigenvalue weighted by Gasteiger charge is 2.54. The predicted molar refractivity (Wildman–Crippen MR) is 99.6 cm³/mol. The number of aromatic nitrogens is 4. The average molecular weight is 412 g/mol. The summed E-state index contributed by atoms with van der Waals surface area (Å²) in [6.07, 6.45) is 1.74. The first-order valence-corrected chi connectivity index (χ1v) is 8.73. The fraction of sp³-hybridized carbons (Fsp3) is 0.562. The van der Waals surface area contributed by atoms with Crippen LogP contribution in [0.2, 0.25) is 0 Å². The molecule has 0 saturated heterocycles. The van der Waals surface area contributed by atoms with E-state index in [0.29, 0.717) is 6.42 Å². The quantitative estimate of drug-likeness (QED) is 0.231. The third-order valence-electron chi connectivity index (χ3n) is 3.99. The van der Waals surface area contributed by atoms with Gasteiger partial charge in [-0.1, -0.05) is 6.92 Å². The number of aliphatic hydroxyl groups is 1. The number of rotatable bonds is 10. The van der Waals surface area contributed by atoms with Gasteiger partial charge in [0.2, 0.25) is 11.7 Å². The highest BCUT2D eigenvalue weighted by atomic mass is 16.6. The molecule has 2 aromatic rings. The highest BCUT2D eigenvalue weighted by Crippen LogP contribution is 2.26. The van der Waals surface area contributed by atoms with Crippen LogP contribution in [0.1, 0.15) is 27.2 Å². The van der Waals surface area contributed by atoms with Crippen molar-refractivity contribution in [3.8, 4) is 0 Å². The van der Waals surface area contributed by atoms with Crippen LogP contribution in [0.15, 0.2) is 11.1 Å². The number of nitrogens with one attached hydrogen (secondary N) is 2. The molecule has 2 rings (SSSR count). The summed E-state index contributed by atoms with van der Waals surface area (Å²) in [6.45, 7) is 3.22. The van der Waals surface area contributed by atoms with Crippen LogP contribution < -0.4 is 16.6 Å². The van der Waals surface area contributed by atoms with E-state index in [1.807, 2.05) is 0 Å². The van der Waals surface area contributed by atoms with E-state index < -0.39 is 42.1 Å². The topological polar surface area (TPSA) is 195 Å². The maximum absolute atomic E-state index is 12.7. The number of carboxylic acid groups (broad SMARTS) is 1. The summed E-state index contributed by atoms with van der Waals surface area (Å²) < 4.78 is 12.1. The molecule has 6 N–H and O–H groups in total. The Balaban J connectivity index is 2.42. The lowest BCUT2D eigenvalue weighted by Crippen LogP contribution is -2.68. The molecule has 0 aliphatic carbocycles. The number of ether oxygens (including phenoxy) is 2. The summed E-state index contributed by atoms with van der Waals surface area (Å²) in [6, 6.07) is 0. The molecule has 0 fully saturated rings. The van der Waals surface area contributed by atoms with Gasteiger partial charge in [-0.2, -0.15) is 4.98 Å². The van der Waals surface area contributed by atoms with E-state index in [0.717, 1.165) is 0 Å². The number of carbonyl (C=O) groups excluding carboxylic acids is 1. The number of anilines is 1. The van der Waals surface area contributed by atoms with Crippen molar-refractivity contribution in [1.82, 2.24) is 24.8 Å². The average Bonchev–Trinajstić information content (AvgIpc) is 3.01. The summed E-state index contributed by atoms with van der Waals surface area (Å²) in [4.78, 5) is 45.9. The molecule has 0 saturated carbocycles. The van der Waals surface area contributed by atoms with Gasteiger partial charge in [-0.05, 0) is 20.3 Å². The lowest BCUT2D eigenvalue weighted by atomic mass is 9.93. The number of nitrogen functional groups attached to an aromatic ring is 1. The van der Waals surface area contributed by atoms with E-state index in [1.165, 1.54) is 24.7 Å². The van der Waals surface area contributed by atoms with Crippen molar-refractivity contribution in [2.75, 3.05) is 18.9 Å². The zero-order chi connectivity index (χ0) is 21.8. The van der Waals surface area contributed by atoms with Crippen molar-refractivity contribution in [3.05, 3.63) is 16.7 Å². The molecule has 1 atom stereocenters. The largest absolute Gasteiger partial charge is 0.480 e. The monoisotopic (exact) mass is 412 g/mol. The van der Waals surface area contributed by atoms with E-state index in [-0.39, 0.29) is 23.7 Å². The molecule has 0 unspecified atom stereocenters. The Morgan fingerprint density at radius 1 is 1.41 bits per heavy atom. The summed E-state index contributed by atoms with van der Waals surface area (Å²) in [5.41, 5.74) is 0.926. The SMILES string of the molecule is CCCOC(=O)[C@](NCC(=O)O)(OCn1cnc2c(=O)[nH]c(N)nc21)C(C)(C)O. The Morgan fingerprint density at radius 2 is 2.10 bits per heavy atom. The van der Waals surface area contributed by atoms with Gasteiger partial charge in [-0.15, -0.1) is 0 Å². The van der Waals surface area contributed by atoms with E-state index in [9.17, 15) is 19.5 Å². The van der Waals surface area contributed by atoms with Crippen LogP contribution in [-0.2, 0) is 25.8 Å². The van der Waals surface area contributed by atoms with Crippen LogP contribution in [-0.4, -0.2) is 66.1 Å². The van der Waals surface area contributed by atoms with Gasteiger partial charge in [-0.3, -0.25) is 24.5 Å². The second-order valence-corrected chi connectivity index (χ2v) is 6.73. The molecule has 0 aromatic carbocycles. The standard InChI is InChI=1S/C16H24N6O7/c1-4-5-28-13(26)16(15(2,3)27,19-6-9(23)24)29-8-22-7-18-10-11(22)20-14(17)21-12(10)25/h7,19,27H,4-6,8H2,1-3H3,(H,23,24)(H3,17,20,21,25)/t16-/m0/s1. The Labute approximate surface area is 164 Å². The minimum atomic E-state index is -2.23. The summed E-state index contributed by atoms with van der Waals surface area (Å²) in [5.74, 6) is -2.42. The molecular formula is C16H24N6O7. The zero-order valence-corrected chi connectivity index (χ0v) is 16.3. The minimum absolute atomic E-state index is 0.0105. The van der Waals surface area contributed by atoms with Gasteiger partial charge in [0, 0.05) is 0 Å². The van der Waals surface area contributed by atoms with Crippen LogP contribution in [0, 0.1) is 0 Å². The highest BCUT2D eigenvalue weighted by molar-refractivity contribution is 5.82. The van der Waals surface area contributed by atoms with Crippen molar-refractivity contribution in [2.24, 2.45) is 0 Å². The lowest BCUT2D eigenvalue weighted by Gasteiger charge is -2.40. The van der Waals surface area contributed by atoms with Crippen LogP contribution in [0.5, 0.6) is 0 Å². The number of H-pyrrole nitrogens is 1. The molecule has 2 heterocycles. The van der Waals surface area contributed by atoms with Crippen LogP contribution in [0.3, 0.4) is 0 Å². The molecule has 0 bridgehead atoms. The Bertz CT molecular complexity index is 947. The number of aliphatic carboxylic acids is 1. The van der Waals surface area contributed by atoms with Crippen molar-refractivity contribution in [2.45, 2.75) is 45.2 Å². The molecule has 0 spiro atoms. The number of aromatic amines is 1. The number of esters is 1. The first-order valence-electron chi connectivity index (χ1n) is 8.73. The van der Waals surface area contributed by atoms with Crippen LogP contribution >= 0.6 is 0 Å². The van der Waals surface area contributed by atoms with Crippen molar-refractivity contribution >= 4 is 29.1 Å². The Hall–Kier alpha value is -3.03. The normalized spacial score (nSPS) is 13.9. The van der Waals surface area contributed by atoms with Gasteiger partial charge < -0.3 is 25.4 Å². The number of nitrogens with two attached hydrogens (primary N) is 1. The first-order chi connectivity index (χ1) is 13.5. The number of carboxylic acids is 1. The summed E-state index contributed by atoms with van der Waals surface area (Å²) in [5, 5.41) is 22.1. The van der Waals surface area contributed by atoms with Gasteiger partial charge in [0.25, 0.3) is 5.56 Å². The Morgan fingerprint density at radius 3 is 2.69 bits per heavy atom. The van der Waals surface area contributed by atoms with E-state index >= 15 is 0 Å². The molecule has 2 aromatic heterocycles. The summed E-state index contributed by atoms with van der Waals surface area (Å²) in [7, 11) is 0. The van der Waals surface area contributed by atoms with E-state index in [1.54, 1.807) is 6.92 Å². The predicted octanol–water partition coefficient (Wildman–Crippen LogP) is -1.23.